The average molecular weight is 272 g/mol. The van der Waals surface area contributed by atoms with Crippen molar-refractivity contribution < 1.29 is 5.11 Å². The van der Waals surface area contributed by atoms with E-state index in [0.717, 1.165) is 48.3 Å². The van der Waals surface area contributed by atoms with E-state index in [9.17, 15) is 0 Å². The van der Waals surface area contributed by atoms with Gasteiger partial charge in [-0.25, -0.2) is 9.97 Å². The van der Waals surface area contributed by atoms with Crippen LogP contribution >= 0.6 is 0 Å². The maximum atomic E-state index is 9.12. The molecule has 106 valence electrons. The Morgan fingerprint density at radius 1 is 1.35 bits per heavy atom. The van der Waals surface area contributed by atoms with Crippen molar-refractivity contribution in [2.45, 2.75) is 19.3 Å². The minimum Gasteiger partial charge on any atom is -0.399 e. The number of piperidine rings is 1. The zero-order valence-electron chi connectivity index (χ0n) is 11.5. The van der Waals surface area contributed by atoms with Crippen LogP contribution in [-0.4, -0.2) is 34.8 Å². The first-order valence-electron chi connectivity index (χ1n) is 7.14. The van der Waals surface area contributed by atoms with Crippen molar-refractivity contribution in [2.24, 2.45) is 5.92 Å². The Bertz CT molecular complexity index is 599. The Morgan fingerprint density at radius 3 is 3.10 bits per heavy atom. The lowest BCUT2D eigenvalue weighted by molar-refractivity contribution is 0.244. The molecule has 0 aliphatic carbocycles. The molecule has 0 saturated carbocycles. The fourth-order valence-corrected chi connectivity index (χ4v) is 2.99. The summed E-state index contributed by atoms with van der Waals surface area (Å²) in [4.78, 5) is 11.1. The Morgan fingerprint density at radius 2 is 2.25 bits per heavy atom. The molecule has 1 aromatic heterocycles. The molecule has 3 rings (SSSR count). The number of fused-ring (bicyclic) bond motifs is 1. The monoisotopic (exact) mass is 272 g/mol. The molecule has 2 aromatic rings. The number of aliphatic hydroxyl groups is 1. The zero-order valence-corrected chi connectivity index (χ0v) is 11.5. The molecular weight excluding hydrogens is 252 g/mol. The molecule has 0 bridgehead atoms. The van der Waals surface area contributed by atoms with Gasteiger partial charge in [0.25, 0.3) is 0 Å². The highest BCUT2D eigenvalue weighted by atomic mass is 16.3. The molecule has 0 amide bonds. The first-order valence-corrected chi connectivity index (χ1v) is 7.14. The number of nitrogen functional groups attached to an aromatic ring is 1. The van der Waals surface area contributed by atoms with Gasteiger partial charge in [0.2, 0.25) is 0 Å². The highest BCUT2D eigenvalue weighted by Crippen LogP contribution is 2.29. The van der Waals surface area contributed by atoms with E-state index >= 15 is 0 Å². The molecule has 3 N–H and O–H groups in total. The molecule has 0 radical (unpaired) electrons. The Balaban J connectivity index is 1.93. The topological polar surface area (TPSA) is 75.3 Å². The minimum absolute atomic E-state index is 0.263. The van der Waals surface area contributed by atoms with E-state index in [4.69, 9.17) is 10.8 Å². The van der Waals surface area contributed by atoms with Gasteiger partial charge < -0.3 is 15.7 Å². The number of nitrogens with two attached hydrogens (primary N) is 1. The summed E-state index contributed by atoms with van der Waals surface area (Å²) < 4.78 is 0. The number of hydrogen-bond acceptors (Lipinski definition) is 5. The van der Waals surface area contributed by atoms with Gasteiger partial charge in [-0.3, -0.25) is 0 Å². The van der Waals surface area contributed by atoms with Crippen molar-refractivity contribution >= 4 is 22.4 Å². The number of aliphatic hydroxyl groups excluding tert-OH is 1. The van der Waals surface area contributed by atoms with Crippen molar-refractivity contribution in [3.05, 3.63) is 24.5 Å². The SMILES string of the molecule is Nc1ccc2c(N3CCCC(CCO)C3)ncnc2c1. The van der Waals surface area contributed by atoms with Crippen molar-refractivity contribution in [1.82, 2.24) is 9.97 Å². The highest BCUT2D eigenvalue weighted by Gasteiger charge is 2.22. The number of benzene rings is 1. The molecule has 1 aliphatic heterocycles. The van der Waals surface area contributed by atoms with E-state index in [1.165, 1.54) is 6.42 Å². The van der Waals surface area contributed by atoms with E-state index in [2.05, 4.69) is 14.9 Å². The fourth-order valence-electron chi connectivity index (χ4n) is 2.99. The van der Waals surface area contributed by atoms with Gasteiger partial charge in [-0.05, 0) is 43.4 Å². The Labute approximate surface area is 118 Å². The third-order valence-electron chi connectivity index (χ3n) is 4.00. The number of aromatic nitrogens is 2. The molecule has 1 atom stereocenters. The van der Waals surface area contributed by atoms with Gasteiger partial charge in [0, 0.05) is 30.8 Å². The fraction of sp³-hybridized carbons (Fsp3) is 0.467. The highest BCUT2D eigenvalue weighted by molar-refractivity contribution is 5.91. The second-order valence-electron chi connectivity index (χ2n) is 5.44. The quantitative estimate of drug-likeness (QED) is 0.833. The van der Waals surface area contributed by atoms with Crippen LogP contribution in [0.25, 0.3) is 10.9 Å². The third-order valence-corrected chi connectivity index (χ3v) is 4.00. The van der Waals surface area contributed by atoms with E-state index in [0.29, 0.717) is 5.92 Å². The first kappa shape index (κ1) is 13.1. The molecule has 1 aliphatic rings. The van der Waals surface area contributed by atoms with Crippen LogP contribution in [0.2, 0.25) is 0 Å². The number of rotatable bonds is 3. The molecule has 1 aromatic carbocycles. The summed E-state index contributed by atoms with van der Waals surface area (Å²) in [6.45, 7) is 2.23. The van der Waals surface area contributed by atoms with Gasteiger partial charge in [-0.15, -0.1) is 0 Å². The largest absolute Gasteiger partial charge is 0.399 e. The smallest absolute Gasteiger partial charge is 0.139 e. The molecule has 1 unspecified atom stereocenters. The van der Waals surface area contributed by atoms with Crippen molar-refractivity contribution in [1.29, 1.82) is 0 Å². The summed E-state index contributed by atoms with van der Waals surface area (Å²) in [6, 6.07) is 5.77. The molecule has 5 heteroatoms. The van der Waals surface area contributed by atoms with Crippen LogP contribution in [-0.2, 0) is 0 Å². The van der Waals surface area contributed by atoms with Crippen molar-refractivity contribution in [3.63, 3.8) is 0 Å². The van der Waals surface area contributed by atoms with E-state index in [-0.39, 0.29) is 6.61 Å². The summed E-state index contributed by atoms with van der Waals surface area (Å²) in [6.07, 6.45) is 4.80. The van der Waals surface area contributed by atoms with Gasteiger partial charge >= 0.3 is 0 Å². The summed E-state index contributed by atoms with van der Waals surface area (Å²) in [5.74, 6) is 1.53. The maximum absolute atomic E-state index is 9.12. The summed E-state index contributed by atoms with van der Waals surface area (Å²) >= 11 is 0. The molecule has 20 heavy (non-hydrogen) atoms. The van der Waals surface area contributed by atoms with Crippen LogP contribution in [0.1, 0.15) is 19.3 Å². The summed E-state index contributed by atoms with van der Waals surface area (Å²) in [5.41, 5.74) is 7.42. The number of hydrogen-bond donors (Lipinski definition) is 2. The molecular formula is C15H20N4O. The normalized spacial score (nSPS) is 19.4. The van der Waals surface area contributed by atoms with Crippen LogP contribution in [0.15, 0.2) is 24.5 Å². The number of nitrogens with zero attached hydrogens (tertiary/aromatic N) is 3. The van der Waals surface area contributed by atoms with E-state index in [1.807, 2.05) is 18.2 Å². The molecule has 1 fully saturated rings. The van der Waals surface area contributed by atoms with Gasteiger partial charge in [-0.1, -0.05) is 0 Å². The lowest BCUT2D eigenvalue weighted by Crippen LogP contribution is -2.36. The average Bonchev–Trinajstić information content (AvgIpc) is 2.47. The summed E-state index contributed by atoms with van der Waals surface area (Å²) in [5, 5.41) is 10.2. The zero-order chi connectivity index (χ0) is 13.9. The van der Waals surface area contributed by atoms with Gasteiger partial charge in [0.05, 0.1) is 5.52 Å². The van der Waals surface area contributed by atoms with Crippen LogP contribution in [0, 0.1) is 5.92 Å². The van der Waals surface area contributed by atoms with Crippen molar-refractivity contribution in [2.75, 3.05) is 30.3 Å². The third kappa shape index (κ3) is 2.54. The van der Waals surface area contributed by atoms with Crippen LogP contribution in [0.4, 0.5) is 11.5 Å². The van der Waals surface area contributed by atoms with Gasteiger partial charge in [-0.2, -0.15) is 0 Å². The Kier molecular flexibility index (Phi) is 3.69. The molecule has 2 heterocycles. The van der Waals surface area contributed by atoms with Crippen LogP contribution in [0.3, 0.4) is 0 Å². The molecule has 0 spiro atoms. The summed E-state index contributed by atoms with van der Waals surface area (Å²) in [7, 11) is 0. The minimum atomic E-state index is 0.263. The molecule has 5 nitrogen and oxygen atoms in total. The standard InChI is InChI=1S/C15H20N4O/c16-12-3-4-13-14(8-12)17-10-18-15(13)19-6-1-2-11(9-19)5-7-20/h3-4,8,10-11,20H,1-2,5-7,9,16H2. The van der Waals surface area contributed by atoms with Gasteiger partial charge in [0.15, 0.2) is 0 Å². The lowest BCUT2D eigenvalue weighted by Gasteiger charge is -2.33. The lowest BCUT2D eigenvalue weighted by atomic mass is 9.95. The van der Waals surface area contributed by atoms with Gasteiger partial charge in [0.1, 0.15) is 12.1 Å². The van der Waals surface area contributed by atoms with Crippen molar-refractivity contribution in [3.8, 4) is 0 Å². The van der Waals surface area contributed by atoms with E-state index in [1.54, 1.807) is 6.33 Å². The predicted molar refractivity (Wildman–Crippen MR) is 80.6 cm³/mol. The second-order valence-corrected chi connectivity index (χ2v) is 5.44. The van der Waals surface area contributed by atoms with Crippen LogP contribution < -0.4 is 10.6 Å². The Hall–Kier alpha value is -1.88. The van der Waals surface area contributed by atoms with E-state index < -0.39 is 0 Å². The predicted octanol–water partition coefficient (Wildman–Crippen LogP) is 1.81. The maximum Gasteiger partial charge on any atom is 0.139 e. The van der Waals surface area contributed by atoms with Crippen LogP contribution in [0.5, 0.6) is 0 Å². The second kappa shape index (κ2) is 5.63. The number of anilines is 2. The molecule has 1 saturated heterocycles. The first-order chi connectivity index (χ1) is 9.78.